The van der Waals surface area contributed by atoms with Gasteiger partial charge in [0.25, 0.3) is 0 Å². The molecule has 0 amide bonds. The summed E-state index contributed by atoms with van der Waals surface area (Å²) in [6, 6.07) is 4.91. The summed E-state index contributed by atoms with van der Waals surface area (Å²) in [6.07, 6.45) is 0. The van der Waals surface area contributed by atoms with E-state index in [9.17, 15) is 4.39 Å². The number of rotatable bonds is 1. The van der Waals surface area contributed by atoms with Crippen LogP contribution in [0.15, 0.2) is 23.1 Å². The van der Waals surface area contributed by atoms with Crippen LogP contribution < -0.4 is 5.46 Å². The zero-order valence-electron chi connectivity index (χ0n) is 6.94. The lowest BCUT2D eigenvalue weighted by molar-refractivity contribution is 0.426. The molecule has 0 fully saturated rings. The molecule has 0 aliphatic carbocycles. The van der Waals surface area contributed by atoms with Gasteiger partial charge in [0.05, 0.1) is 4.90 Å². The summed E-state index contributed by atoms with van der Waals surface area (Å²) in [5.74, 6) is 0. The third kappa shape index (κ3) is 1.44. The van der Waals surface area contributed by atoms with Crippen LogP contribution in [0.3, 0.4) is 0 Å². The second-order valence-corrected chi connectivity index (χ2v) is 4.27. The summed E-state index contributed by atoms with van der Waals surface area (Å²) in [7, 11) is -1.60. The quantitative estimate of drug-likeness (QED) is 0.503. The molecule has 0 spiro atoms. The molecule has 6 heteroatoms. The van der Waals surface area contributed by atoms with Crippen LogP contribution >= 0.6 is 24.0 Å². The number of benzene rings is 1. The molecule has 1 aromatic carbocycles. The Morgan fingerprint density at radius 2 is 2.07 bits per heavy atom. The molecular weight excluding hydrogens is 222 g/mol. The number of thiophene rings is 1. The smallest absolute Gasteiger partial charge is 0.423 e. The number of hydrogen-bond acceptors (Lipinski definition) is 4. The molecule has 0 aliphatic rings. The zero-order chi connectivity index (χ0) is 10.3. The van der Waals surface area contributed by atoms with Gasteiger partial charge >= 0.3 is 7.12 Å². The van der Waals surface area contributed by atoms with E-state index in [2.05, 4.69) is 12.6 Å². The Balaban J connectivity index is 2.84. The summed E-state index contributed by atoms with van der Waals surface area (Å²) >= 11 is 4.94. The van der Waals surface area contributed by atoms with Crippen molar-refractivity contribution in [2.45, 2.75) is 4.90 Å². The Kier molecular flexibility index (Phi) is 2.53. The molecule has 2 nitrogen and oxygen atoms in total. The van der Waals surface area contributed by atoms with Gasteiger partial charge in [-0.1, -0.05) is 12.1 Å². The Hall–Kier alpha value is -0.555. The summed E-state index contributed by atoms with van der Waals surface area (Å²) < 4.78 is 13.8. The van der Waals surface area contributed by atoms with Gasteiger partial charge in [0, 0.05) is 10.1 Å². The highest BCUT2D eigenvalue weighted by atomic mass is 32.1. The van der Waals surface area contributed by atoms with E-state index >= 15 is 0 Å². The van der Waals surface area contributed by atoms with Crippen LogP contribution in [0.4, 0.5) is 4.39 Å². The minimum Gasteiger partial charge on any atom is -0.423 e. The predicted octanol–water partition coefficient (Wildman–Crippen LogP) is 1.01. The third-order valence-corrected chi connectivity index (χ3v) is 3.47. The van der Waals surface area contributed by atoms with Crippen LogP contribution in [0.2, 0.25) is 0 Å². The lowest BCUT2D eigenvalue weighted by atomic mass is 9.78. The van der Waals surface area contributed by atoms with E-state index in [0.717, 1.165) is 11.3 Å². The Morgan fingerprint density at radius 1 is 1.36 bits per heavy atom. The van der Waals surface area contributed by atoms with Crippen LogP contribution in [0.5, 0.6) is 0 Å². The largest absolute Gasteiger partial charge is 0.489 e. The number of halogens is 1. The van der Waals surface area contributed by atoms with E-state index < -0.39 is 12.2 Å². The van der Waals surface area contributed by atoms with E-state index in [-0.39, 0.29) is 10.4 Å². The first-order chi connectivity index (χ1) is 6.61. The van der Waals surface area contributed by atoms with E-state index in [1.807, 2.05) is 0 Å². The lowest BCUT2D eigenvalue weighted by Crippen LogP contribution is -2.30. The second kappa shape index (κ2) is 3.54. The molecule has 1 aromatic heterocycles. The van der Waals surface area contributed by atoms with Gasteiger partial charge in [-0.25, -0.2) is 0 Å². The second-order valence-electron chi connectivity index (χ2n) is 2.82. The van der Waals surface area contributed by atoms with Crippen molar-refractivity contribution in [1.29, 1.82) is 0 Å². The number of hydrogen-bond donors (Lipinski definition) is 3. The van der Waals surface area contributed by atoms with Crippen molar-refractivity contribution in [1.82, 2.24) is 0 Å². The van der Waals surface area contributed by atoms with Crippen LogP contribution in [0.1, 0.15) is 0 Å². The van der Waals surface area contributed by atoms with Gasteiger partial charge in [0.2, 0.25) is 0 Å². The van der Waals surface area contributed by atoms with Gasteiger partial charge in [0.1, 0.15) is 0 Å². The van der Waals surface area contributed by atoms with Crippen molar-refractivity contribution in [2.24, 2.45) is 0 Å². The molecule has 72 valence electrons. The summed E-state index contributed by atoms with van der Waals surface area (Å²) in [4.78, 5) is 0.175. The van der Waals surface area contributed by atoms with Crippen LogP contribution in [0.25, 0.3) is 10.1 Å². The highest BCUT2D eigenvalue weighted by molar-refractivity contribution is 7.80. The van der Waals surface area contributed by atoms with Gasteiger partial charge < -0.3 is 10.0 Å². The molecule has 0 aliphatic heterocycles. The fourth-order valence-corrected chi connectivity index (χ4v) is 2.67. The third-order valence-electron chi connectivity index (χ3n) is 1.96. The highest BCUT2D eigenvalue weighted by Crippen LogP contribution is 2.31. The molecule has 0 radical (unpaired) electrons. The van der Waals surface area contributed by atoms with E-state index in [1.165, 1.54) is 0 Å². The fourth-order valence-electron chi connectivity index (χ4n) is 1.34. The van der Waals surface area contributed by atoms with Crippen molar-refractivity contribution in [3.63, 3.8) is 0 Å². The van der Waals surface area contributed by atoms with Crippen LogP contribution in [0, 0.1) is 5.13 Å². The first kappa shape index (κ1) is 9.98. The topological polar surface area (TPSA) is 40.5 Å². The molecule has 2 rings (SSSR count). The Bertz CT molecular complexity index is 483. The van der Waals surface area contributed by atoms with Crippen LogP contribution in [-0.4, -0.2) is 17.2 Å². The minimum absolute atomic E-state index is 0.175. The molecule has 2 aromatic rings. The molecule has 0 unspecified atom stereocenters. The highest BCUT2D eigenvalue weighted by Gasteiger charge is 2.19. The summed E-state index contributed by atoms with van der Waals surface area (Å²) in [6.45, 7) is 0. The Morgan fingerprint density at radius 3 is 2.71 bits per heavy atom. The minimum atomic E-state index is -1.60. The van der Waals surface area contributed by atoms with Crippen molar-refractivity contribution < 1.29 is 14.4 Å². The predicted molar refractivity (Wildman–Crippen MR) is 58.9 cm³/mol. The normalized spacial score (nSPS) is 10.9. The average molecular weight is 228 g/mol. The maximum atomic E-state index is 13.2. The fraction of sp³-hybridized carbons (Fsp3) is 0. The maximum Gasteiger partial charge on any atom is 0.489 e. The number of thiol groups is 1. The van der Waals surface area contributed by atoms with Gasteiger partial charge in [-0.05, 0) is 11.5 Å². The van der Waals surface area contributed by atoms with Gasteiger partial charge in [0.15, 0.2) is 5.13 Å². The molecule has 0 saturated carbocycles. The molecule has 0 atom stereocenters. The molecular formula is C8H6BFO2S2. The van der Waals surface area contributed by atoms with Crippen LogP contribution in [-0.2, 0) is 0 Å². The average Bonchev–Trinajstić information content (AvgIpc) is 2.43. The maximum absolute atomic E-state index is 13.2. The van der Waals surface area contributed by atoms with Gasteiger partial charge in [-0.15, -0.1) is 24.0 Å². The zero-order valence-corrected chi connectivity index (χ0v) is 8.65. The van der Waals surface area contributed by atoms with E-state index in [0.29, 0.717) is 10.1 Å². The molecule has 0 bridgehead atoms. The monoisotopic (exact) mass is 228 g/mol. The Labute approximate surface area is 89.6 Å². The first-order valence-corrected chi connectivity index (χ1v) is 5.13. The number of fused-ring (bicyclic) bond motifs is 1. The molecule has 1 heterocycles. The van der Waals surface area contributed by atoms with Gasteiger partial charge in [-0.3, -0.25) is 0 Å². The van der Waals surface area contributed by atoms with Gasteiger partial charge in [-0.2, -0.15) is 4.39 Å². The van der Waals surface area contributed by atoms with Crippen molar-refractivity contribution >= 4 is 46.6 Å². The lowest BCUT2D eigenvalue weighted by Gasteiger charge is -2.01. The van der Waals surface area contributed by atoms with Crippen molar-refractivity contribution in [2.75, 3.05) is 0 Å². The molecule has 0 saturated heterocycles. The van der Waals surface area contributed by atoms with Crippen molar-refractivity contribution in [3.05, 3.63) is 23.3 Å². The standard InChI is InChI=1S/C8H6BFO2S2/c10-8-7(13)6-4(9(11)12)2-1-3-5(6)14-8/h1-3,11-13H. The summed E-state index contributed by atoms with van der Waals surface area (Å²) in [5.41, 5.74) is 0.285. The molecule has 14 heavy (non-hydrogen) atoms. The molecule has 2 N–H and O–H groups in total. The van der Waals surface area contributed by atoms with Crippen molar-refractivity contribution in [3.8, 4) is 0 Å². The SMILES string of the molecule is OB(O)c1cccc2sc(F)c(S)c12. The first-order valence-electron chi connectivity index (χ1n) is 3.87. The summed E-state index contributed by atoms with van der Waals surface area (Å²) in [5, 5.41) is 18.2. The van der Waals surface area contributed by atoms with E-state index in [4.69, 9.17) is 10.0 Å². The van der Waals surface area contributed by atoms with E-state index in [1.54, 1.807) is 18.2 Å².